The minimum absolute atomic E-state index is 0.0136. The Morgan fingerprint density at radius 3 is 1.72 bits per heavy atom. The van der Waals surface area contributed by atoms with E-state index in [0.29, 0.717) is 0 Å². The van der Waals surface area contributed by atoms with Gasteiger partial charge in [-0.25, -0.2) is 9.18 Å². The number of amides is 6. The van der Waals surface area contributed by atoms with Gasteiger partial charge in [-0.1, -0.05) is 0 Å². The first-order chi connectivity index (χ1) is 29.0. The van der Waals surface area contributed by atoms with Gasteiger partial charge >= 0.3 is 5.97 Å². The van der Waals surface area contributed by atoms with E-state index in [1.165, 1.54) is 97.1 Å². The maximum Gasteiger partial charge on any atom is 0.335 e. The average Bonchev–Trinajstić information content (AvgIpc) is 3.22. The van der Waals surface area contributed by atoms with Crippen molar-refractivity contribution >= 4 is 64.2 Å². The Balaban J connectivity index is 1.21. The molecule has 9 N–H and O–H groups in total. The molecule has 6 amide bonds. The van der Waals surface area contributed by atoms with Gasteiger partial charge in [-0.05, 0) is 117 Å². The number of primary amides is 1. The Hall–Kier alpha value is -8.59. The number of anilines is 4. The van der Waals surface area contributed by atoms with E-state index in [2.05, 4.69) is 26.6 Å². The van der Waals surface area contributed by atoms with Crippen molar-refractivity contribution in [2.24, 2.45) is 5.73 Å². The first-order valence-corrected chi connectivity index (χ1v) is 18.1. The molecule has 17 nitrogen and oxygen atoms in total. The number of aromatic carboxylic acids is 1. The molecular formula is C43H36FN7O10. The van der Waals surface area contributed by atoms with Crippen LogP contribution in [0, 0.1) is 17.1 Å². The van der Waals surface area contributed by atoms with E-state index in [9.17, 15) is 43.1 Å². The molecule has 0 spiro atoms. The molecule has 61 heavy (non-hydrogen) atoms. The summed E-state index contributed by atoms with van der Waals surface area (Å²) in [5.41, 5.74) is 5.79. The van der Waals surface area contributed by atoms with Crippen LogP contribution >= 0.6 is 0 Å². The molecule has 0 saturated carbocycles. The first-order valence-electron chi connectivity index (χ1n) is 18.1. The van der Waals surface area contributed by atoms with Crippen LogP contribution in [-0.4, -0.2) is 63.8 Å². The highest BCUT2D eigenvalue weighted by Gasteiger charge is 2.25. The van der Waals surface area contributed by atoms with E-state index in [1.807, 2.05) is 0 Å². The van der Waals surface area contributed by atoms with Crippen LogP contribution in [-0.2, 0) is 9.59 Å². The van der Waals surface area contributed by atoms with Gasteiger partial charge in [-0.15, -0.1) is 0 Å². The number of benzene rings is 5. The van der Waals surface area contributed by atoms with Crippen LogP contribution < -0.4 is 37.1 Å². The summed E-state index contributed by atoms with van der Waals surface area (Å²) in [6.07, 6.45) is -1.06. The molecule has 0 fully saturated rings. The number of carboxylic acids is 1. The minimum Gasteiger partial charge on any atom is -0.504 e. The molecule has 5 aromatic carbocycles. The number of carbonyl (C=O) groups excluding carboxylic acids is 6. The molecule has 0 aliphatic rings. The zero-order chi connectivity index (χ0) is 44.4. The third-order valence-electron chi connectivity index (χ3n) is 8.57. The van der Waals surface area contributed by atoms with Crippen molar-refractivity contribution in [2.45, 2.75) is 32.4 Å². The number of carboxylic acid groups (broad SMARTS) is 1. The Morgan fingerprint density at radius 2 is 1.20 bits per heavy atom. The van der Waals surface area contributed by atoms with Crippen molar-refractivity contribution < 1.29 is 52.9 Å². The molecular weight excluding hydrogens is 794 g/mol. The van der Waals surface area contributed by atoms with Crippen LogP contribution in [0.1, 0.15) is 77.6 Å². The highest BCUT2D eigenvalue weighted by molar-refractivity contribution is 6.10. The van der Waals surface area contributed by atoms with Crippen molar-refractivity contribution in [1.82, 2.24) is 5.32 Å². The summed E-state index contributed by atoms with van der Waals surface area (Å²) in [6.45, 7) is 3.34. The lowest BCUT2D eigenvalue weighted by Crippen LogP contribution is -2.46. The standard InChI is InChI=1S/C43H36FN7O10/c1-22(2)61-37-33(18-17-31(36(37)53)41(57)48-29-15-9-25(10-16-29)43(59)60)50-38(54)23-7-13-30(14-8-23)49-42(58)34(20-35(46)52)51-39(55)24-5-11-28(12-6-24)47-40(56)26-3-4-27(21-45)32(44)19-26/h3-19,22,34,53H,20H2,1-2H3,(H2,46,52)(H,47,56)(H,48,57)(H,49,58)(H,50,54)(H,51,55)(H,59,60)/t34-/m0/s1. The van der Waals surface area contributed by atoms with Crippen LogP contribution in [0.25, 0.3) is 0 Å². The Bertz CT molecular complexity index is 2570. The number of nitrogens with two attached hydrogens (primary N) is 1. The predicted octanol–water partition coefficient (Wildman–Crippen LogP) is 5.26. The van der Waals surface area contributed by atoms with Crippen molar-refractivity contribution in [3.63, 3.8) is 0 Å². The maximum atomic E-state index is 14.0. The summed E-state index contributed by atoms with van der Waals surface area (Å²) in [5.74, 6) is -7.28. The molecule has 0 aromatic heterocycles. The lowest BCUT2D eigenvalue weighted by Gasteiger charge is -2.19. The SMILES string of the molecule is CC(C)Oc1c(NC(=O)c2ccc(NC(=O)[C@H](CC(N)=O)NC(=O)c3ccc(NC(=O)c4ccc(C#N)c(F)c4)cc3)cc2)ccc(C(=O)Nc2ccc(C(=O)O)cc2)c1O. The van der Waals surface area contributed by atoms with E-state index in [4.69, 9.17) is 20.8 Å². The molecule has 0 unspecified atom stereocenters. The fraction of sp³-hybridized carbons (Fsp3) is 0.116. The fourth-order valence-electron chi connectivity index (χ4n) is 5.54. The highest BCUT2D eigenvalue weighted by atomic mass is 19.1. The third-order valence-corrected chi connectivity index (χ3v) is 8.57. The second-order valence-electron chi connectivity index (χ2n) is 13.4. The molecule has 0 radical (unpaired) electrons. The van der Waals surface area contributed by atoms with Crippen LogP contribution in [0.3, 0.4) is 0 Å². The lowest BCUT2D eigenvalue weighted by atomic mass is 10.1. The summed E-state index contributed by atoms with van der Waals surface area (Å²) in [7, 11) is 0. The lowest BCUT2D eigenvalue weighted by molar-refractivity contribution is -0.123. The first kappa shape index (κ1) is 43.5. The molecule has 5 rings (SSSR count). The third kappa shape index (κ3) is 11.3. The number of phenolic OH excluding ortho intramolecular Hbond substituents is 1. The van der Waals surface area contributed by atoms with Crippen LogP contribution in [0.2, 0.25) is 0 Å². The van der Waals surface area contributed by atoms with Crippen molar-refractivity contribution in [1.29, 1.82) is 5.26 Å². The molecule has 0 bridgehead atoms. The molecule has 5 aromatic rings. The number of ether oxygens (including phenoxy) is 1. The largest absolute Gasteiger partial charge is 0.504 e. The van der Waals surface area contributed by atoms with Crippen LogP contribution in [0.15, 0.2) is 103 Å². The molecule has 18 heteroatoms. The van der Waals surface area contributed by atoms with Gasteiger partial charge in [0.15, 0.2) is 11.5 Å². The number of phenols is 1. The second kappa shape index (κ2) is 19.2. The number of halogens is 1. The van der Waals surface area contributed by atoms with Crippen molar-refractivity contribution in [3.8, 4) is 17.6 Å². The monoisotopic (exact) mass is 829 g/mol. The predicted molar refractivity (Wildman–Crippen MR) is 219 cm³/mol. The molecule has 0 aliphatic carbocycles. The van der Waals surface area contributed by atoms with Gasteiger partial charge in [0.2, 0.25) is 11.8 Å². The summed E-state index contributed by atoms with van der Waals surface area (Å²) >= 11 is 0. The Kier molecular flexibility index (Phi) is 13.7. The summed E-state index contributed by atoms with van der Waals surface area (Å²) in [4.78, 5) is 88.2. The normalized spacial score (nSPS) is 11.0. The smallest absolute Gasteiger partial charge is 0.335 e. The molecule has 0 heterocycles. The number of hydrogen-bond donors (Lipinski definition) is 8. The van der Waals surface area contributed by atoms with Crippen LogP contribution in [0.5, 0.6) is 11.5 Å². The van der Waals surface area contributed by atoms with Crippen molar-refractivity contribution in [3.05, 3.63) is 142 Å². The minimum atomic E-state index is -1.42. The van der Waals surface area contributed by atoms with Gasteiger partial charge < -0.3 is 47.3 Å². The Morgan fingerprint density at radius 1 is 0.689 bits per heavy atom. The highest BCUT2D eigenvalue weighted by Crippen LogP contribution is 2.39. The van der Waals surface area contributed by atoms with Crippen LogP contribution in [0.4, 0.5) is 27.1 Å². The van der Waals surface area contributed by atoms with Gasteiger partial charge in [0.25, 0.3) is 23.6 Å². The van der Waals surface area contributed by atoms with Gasteiger partial charge in [0, 0.05) is 33.8 Å². The Labute approximate surface area is 346 Å². The number of aromatic hydroxyl groups is 1. The number of nitrogens with zero attached hydrogens (tertiary/aromatic N) is 1. The van der Waals surface area contributed by atoms with E-state index >= 15 is 0 Å². The number of hydrogen-bond acceptors (Lipinski definition) is 10. The molecule has 310 valence electrons. The van der Waals surface area contributed by atoms with Crippen molar-refractivity contribution in [2.75, 3.05) is 21.3 Å². The number of nitriles is 1. The fourth-order valence-corrected chi connectivity index (χ4v) is 5.54. The van der Waals surface area contributed by atoms with E-state index in [0.717, 1.165) is 6.07 Å². The number of rotatable bonds is 15. The van der Waals surface area contributed by atoms with E-state index < -0.39 is 71.5 Å². The summed E-state index contributed by atoms with van der Waals surface area (Å²) < 4.78 is 19.7. The zero-order valence-corrected chi connectivity index (χ0v) is 32.2. The summed E-state index contributed by atoms with van der Waals surface area (Å²) in [5, 5.41) is 41.8. The second-order valence-corrected chi connectivity index (χ2v) is 13.4. The van der Waals surface area contributed by atoms with Gasteiger partial charge in [-0.2, -0.15) is 5.26 Å². The van der Waals surface area contributed by atoms with Gasteiger partial charge in [-0.3, -0.25) is 28.8 Å². The topological polar surface area (TPSA) is 279 Å². The van der Waals surface area contributed by atoms with E-state index in [1.54, 1.807) is 19.9 Å². The number of nitrogens with one attached hydrogen (secondary N) is 5. The van der Waals surface area contributed by atoms with Gasteiger partial charge in [0.1, 0.15) is 17.9 Å². The average molecular weight is 830 g/mol. The molecule has 1 atom stereocenters. The summed E-state index contributed by atoms with van der Waals surface area (Å²) in [6, 6.07) is 22.5. The molecule has 0 aliphatic heterocycles. The van der Waals surface area contributed by atoms with E-state index in [-0.39, 0.29) is 61.9 Å². The quantitative estimate of drug-likeness (QED) is 0.0674. The number of carbonyl (C=O) groups is 7. The molecule has 0 saturated heterocycles. The maximum absolute atomic E-state index is 14.0. The zero-order valence-electron chi connectivity index (χ0n) is 32.2. The van der Waals surface area contributed by atoms with Gasteiger partial charge in [0.05, 0.1) is 34.9 Å².